The molecule has 2 rings (SSSR count). The summed E-state index contributed by atoms with van der Waals surface area (Å²) in [4.78, 5) is 4.70. The van der Waals surface area contributed by atoms with E-state index in [1.54, 1.807) is 0 Å². The molecule has 5 heteroatoms. The van der Waals surface area contributed by atoms with Gasteiger partial charge in [0.05, 0.1) is 24.2 Å². The van der Waals surface area contributed by atoms with Crippen LogP contribution >= 0.6 is 0 Å². The minimum absolute atomic E-state index is 0.119. The summed E-state index contributed by atoms with van der Waals surface area (Å²) in [5.74, 6) is 1.85. The number of nitrogens with one attached hydrogen (secondary N) is 1. The third-order valence-electron chi connectivity index (χ3n) is 3.39. The van der Waals surface area contributed by atoms with Crippen molar-refractivity contribution in [1.82, 2.24) is 14.9 Å². The third kappa shape index (κ3) is 3.95. The number of aromatic nitrogens is 2. The molecule has 0 aliphatic heterocycles. The van der Waals surface area contributed by atoms with Crippen LogP contribution in [-0.2, 0) is 13.0 Å². The summed E-state index contributed by atoms with van der Waals surface area (Å²) in [5, 5.41) is 12.7. The van der Waals surface area contributed by atoms with Gasteiger partial charge in [-0.15, -0.1) is 0 Å². The smallest absolute Gasteiger partial charge is 0.121 e. The standard InChI is InChI=1S/C16H25N3O2/c1-3-8-17-9-7-16-18-14-12-13(21-4-2)5-6-15(14)19(16)10-11-20/h5-6,12,17,20H,3-4,7-11H2,1-2H3. The van der Waals surface area contributed by atoms with Gasteiger partial charge >= 0.3 is 0 Å². The van der Waals surface area contributed by atoms with Crippen molar-refractivity contribution in [3.63, 3.8) is 0 Å². The molecule has 1 aromatic carbocycles. The van der Waals surface area contributed by atoms with Crippen LogP contribution in [0, 0.1) is 0 Å². The summed E-state index contributed by atoms with van der Waals surface area (Å²) < 4.78 is 7.62. The average Bonchev–Trinajstić information content (AvgIpc) is 2.82. The Bertz CT molecular complexity index is 566. The quantitative estimate of drug-likeness (QED) is 0.694. The Kier molecular flexibility index (Phi) is 6.02. The SMILES string of the molecule is CCCNCCc1nc2cc(OCC)ccc2n1CCO. The molecule has 1 aromatic heterocycles. The van der Waals surface area contributed by atoms with Crippen LogP contribution in [0.1, 0.15) is 26.1 Å². The van der Waals surface area contributed by atoms with Crippen molar-refractivity contribution in [1.29, 1.82) is 0 Å². The van der Waals surface area contributed by atoms with Crippen molar-refractivity contribution in [3.8, 4) is 5.75 Å². The van der Waals surface area contributed by atoms with Crippen LogP contribution in [0.25, 0.3) is 11.0 Å². The Morgan fingerprint density at radius 1 is 1.29 bits per heavy atom. The largest absolute Gasteiger partial charge is 0.494 e. The predicted molar refractivity (Wildman–Crippen MR) is 84.9 cm³/mol. The molecule has 0 amide bonds. The van der Waals surface area contributed by atoms with Gasteiger partial charge in [0.2, 0.25) is 0 Å². The van der Waals surface area contributed by atoms with Gasteiger partial charge in [-0.2, -0.15) is 0 Å². The van der Waals surface area contributed by atoms with Crippen LogP contribution in [-0.4, -0.2) is 41.0 Å². The summed E-state index contributed by atoms with van der Waals surface area (Å²) in [7, 11) is 0. The van der Waals surface area contributed by atoms with Crippen LogP contribution in [0.3, 0.4) is 0 Å². The van der Waals surface area contributed by atoms with Gasteiger partial charge in [0, 0.05) is 25.6 Å². The van der Waals surface area contributed by atoms with Crippen molar-refractivity contribution in [2.24, 2.45) is 0 Å². The van der Waals surface area contributed by atoms with Crippen LogP contribution in [0.2, 0.25) is 0 Å². The van der Waals surface area contributed by atoms with Crippen molar-refractivity contribution in [3.05, 3.63) is 24.0 Å². The van der Waals surface area contributed by atoms with E-state index in [2.05, 4.69) is 16.8 Å². The van der Waals surface area contributed by atoms with E-state index in [0.29, 0.717) is 13.2 Å². The fourth-order valence-electron chi connectivity index (χ4n) is 2.46. The zero-order chi connectivity index (χ0) is 15.1. The normalized spacial score (nSPS) is 11.2. The van der Waals surface area contributed by atoms with Gasteiger partial charge in [-0.25, -0.2) is 4.98 Å². The molecule has 0 spiro atoms. The van der Waals surface area contributed by atoms with Gasteiger partial charge in [-0.1, -0.05) is 6.92 Å². The van der Waals surface area contributed by atoms with Crippen LogP contribution in [0.4, 0.5) is 0 Å². The third-order valence-corrected chi connectivity index (χ3v) is 3.39. The van der Waals surface area contributed by atoms with Gasteiger partial charge in [0.15, 0.2) is 0 Å². The molecule has 116 valence electrons. The summed E-state index contributed by atoms with van der Waals surface area (Å²) in [5.41, 5.74) is 1.98. The maximum absolute atomic E-state index is 9.28. The molecule has 0 aliphatic rings. The molecule has 0 radical (unpaired) electrons. The van der Waals surface area contributed by atoms with E-state index in [1.807, 2.05) is 25.1 Å². The first-order chi connectivity index (χ1) is 10.3. The van der Waals surface area contributed by atoms with Crippen molar-refractivity contribution in [2.75, 3.05) is 26.3 Å². The first kappa shape index (κ1) is 15.8. The number of benzene rings is 1. The molecule has 0 aliphatic carbocycles. The van der Waals surface area contributed by atoms with Crippen molar-refractivity contribution < 1.29 is 9.84 Å². The van der Waals surface area contributed by atoms with Crippen LogP contribution in [0.5, 0.6) is 5.75 Å². The van der Waals surface area contributed by atoms with Crippen molar-refractivity contribution >= 4 is 11.0 Å². The fraction of sp³-hybridized carbons (Fsp3) is 0.562. The summed E-state index contributed by atoms with van der Waals surface area (Å²) in [6, 6.07) is 5.95. The van der Waals surface area contributed by atoms with E-state index in [0.717, 1.165) is 48.5 Å². The lowest BCUT2D eigenvalue weighted by molar-refractivity contribution is 0.276. The van der Waals surface area contributed by atoms with Crippen LogP contribution < -0.4 is 10.1 Å². The number of ether oxygens (including phenoxy) is 1. The highest BCUT2D eigenvalue weighted by atomic mass is 16.5. The van der Waals surface area contributed by atoms with E-state index in [4.69, 9.17) is 9.72 Å². The molecule has 0 saturated heterocycles. The molecule has 5 nitrogen and oxygen atoms in total. The Morgan fingerprint density at radius 3 is 2.86 bits per heavy atom. The maximum atomic E-state index is 9.28. The zero-order valence-electron chi connectivity index (χ0n) is 12.9. The van der Waals surface area contributed by atoms with E-state index >= 15 is 0 Å². The molecule has 0 bridgehead atoms. The molecular formula is C16H25N3O2. The molecular weight excluding hydrogens is 266 g/mol. The lowest BCUT2D eigenvalue weighted by Crippen LogP contribution is -2.20. The Hall–Kier alpha value is -1.59. The zero-order valence-corrected chi connectivity index (χ0v) is 12.9. The number of aliphatic hydroxyl groups is 1. The van der Waals surface area contributed by atoms with Crippen LogP contribution in [0.15, 0.2) is 18.2 Å². The minimum atomic E-state index is 0.119. The average molecular weight is 291 g/mol. The number of fused-ring (bicyclic) bond motifs is 1. The molecule has 2 aromatic rings. The highest BCUT2D eigenvalue weighted by molar-refractivity contribution is 5.77. The number of aliphatic hydroxyl groups excluding tert-OH is 1. The number of nitrogens with zero attached hydrogens (tertiary/aromatic N) is 2. The Morgan fingerprint density at radius 2 is 2.14 bits per heavy atom. The second-order valence-electron chi connectivity index (χ2n) is 4.99. The topological polar surface area (TPSA) is 59.3 Å². The Balaban J connectivity index is 2.23. The molecule has 1 heterocycles. The minimum Gasteiger partial charge on any atom is -0.494 e. The monoisotopic (exact) mass is 291 g/mol. The second-order valence-corrected chi connectivity index (χ2v) is 4.99. The van der Waals surface area contributed by atoms with E-state index in [1.165, 1.54) is 0 Å². The van der Waals surface area contributed by atoms with E-state index < -0.39 is 0 Å². The first-order valence-electron chi connectivity index (χ1n) is 7.73. The fourth-order valence-corrected chi connectivity index (χ4v) is 2.46. The van der Waals surface area contributed by atoms with Gasteiger partial charge in [0.1, 0.15) is 11.6 Å². The van der Waals surface area contributed by atoms with E-state index in [-0.39, 0.29) is 6.61 Å². The summed E-state index contributed by atoms with van der Waals surface area (Å²) in [6.07, 6.45) is 1.99. The lowest BCUT2D eigenvalue weighted by atomic mass is 10.3. The number of rotatable bonds is 9. The number of imidazole rings is 1. The van der Waals surface area contributed by atoms with Gasteiger partial charge in [0.25, 0.3) is 0 Å². The number of hydrogen-bond donors (Lipinski definition) is 2. The predicted octanol–water partition coefficient (Wildman–Crippen LogP) is 1.97. The summed E-state index contributed by atoms with van der Waals surface area (Å²) in [6.45, 7) is 7.40. The molecule has 21 heavy (non-hydrogen) atoms. The van der Waals surface area contributed by atoms with Crippen molar-refractivity contribution in [2.45, 2.75) is 33.2 Å². The molecule has 0 fully saturated rings. The van der Waals surface area contributed by atoms with E-state index in [9.17, 15) is 5.11 Å². The number of hydrogen-bond acceptors (Lipinski definition) is 4. The maximum Gasteiger partial charge on any atom is 0.121 e. The highest BCUT2D eigenvalue weighted by Gasteiger charge is 2.11. The molecule has 0 saturated carbocycles. The summed E-state index contributed by atoms with van der Waals surface area (Å²) >= 11 is 0. The lowest BCUT2D eigenvalue weighted by Gasteiger charge is -2.08. The molecule has 0 unspecified atom stereocenters. The Labute approximate surface area is 125 Å². The second kappa shape index (κ2) is 8.00. The molecule has 2 N–H and O–H groups in total. The first-order valence-corrected chi connectivity index (χ1v) is 7.73. The van der Waals surface area contributed by atoms with Gasteiger partial charge < -0.3 is 19.7 Å². The van der Waals surface area contributed by atoms with Gasteiger partial charge in [-0.3, -0.25) is 0 Å². The molecule has 0 atom stereocenters. The van der Waals surface area contributed by atoms with Gasteiger partial charge in [-0.05, 0) is 32.0 Å². The highest BCUT2D eigenvalue weighted by Crippen LogP contribution is 2.22.